The minimum Gasteiger partial charge on any atom is -0.496 e. The van der Waals surface area contributed by atoms with Crippen molar-refractivity contribution in [2.24, 2.45) is 0 Å². The van der Waals surface area contributed by atoms with Gasteiger partial charge < -0.3 is 15.4 Å². The largest absolute Gasteiger partial charge is 0.496 e. The first-order chi connectivity index (χ1) is 10.6. The van der Waals surface area contributed by atoms with Gasteiger partial charge in [0.2, 0.25) is 0 Å². The Kier molecular flexibility index (Phi) is 5.41. The zero-order valence-corrected chi connectivity index (χ0v) is 13.2. The molecule has 0 bridgehead atoms. The highest BCUT2D eigenvalue weighted by molar-refractivity contribution is 5.88. The molecule has 6 nitrogen and oxygen atoms in total. The van der Waals surface area contributed by atoms with Gasteiger partial charge >= 0.3 is 6.03 Å². The van der Waals surface area contributed by atoms with Crippen LogP contribution in [0.5, 0.6) is 5.75 Å². The van der Waals surface area contributed by atoms with Gasteiger partial charge in [-0.2, -0.15) is 5.10 Å². The Bertz CT molecular complexity index is 637. The topological polar surface area (TPSA) is 68.2 Å². The van der Waals surface area contributed by atoms with Crippen molar-refractivity contribution in [1.82, 2.24) is 15.1 Å². The molecule has 1 heterocycles. The fraction of sp³-hybridized carbons (Fsp3) is 0.375. The van der Waals surface area contributed by atoms with Gasteiger partial charge in [-0.3, -0.25) is 4.68 Å². The van der Waals surface area contributed by atoms with Gasteiger partial charge in [0, 0.05) is 19.3 Å². The maximum absolute atomic E-state index is 11.8. The minimum atomic E-state index is -0.227. The summed E-state index contributed by atoms with van der Waals surface area (Å²) in [6.45, 7) is 5.33. The van der Waals surface area contributed by atoms with E-state index in [1.807, 2.05) is 32.0 Å². The van der Waals surface area contributed by atoms with Gasteiger partial charge in [0.05, 0.1) is 19.0 Å². The molecule has 1 aromatic carbocycles. The lowest BCUT2D eigenvalue weighted by atomic mass is 10.1. The van der Waals surface area contributed by atoms with E-state index < -0.39 is 0 Å². The molecule has 0 fully saturated rings. The number of urea groups is 1. The lowest BCUT2D eigenvalue weighted by Crippen LogP contribution is -2.30. The molecule has 2 rings (SSSR count). The van der Waals surface area contributed by atoms with Gasteiger partial charge in [-0.1, -0.05) is 12.1 Å². The van der Waals surface area contributed by atoms with Crippen molar-refractivity contribution in [2.45, 2.75) is 26.8 Å². The Morgan fingerprint density at radius 1 is 1.41 bits per heavy atom. The summed E-state index contributed by atoms with van der Waals surface area (Å²) < 4.78 is 7.05. The second kappa shape index (κ2) is 7.49. The standard InChI is InChI=1S/C16H22N4O2/c1-4-20-11-14(10-18-20)19-16(21)17-8-7-13-6-5-12(2)15(9-13)22-3/h5-6,9-11H,4,7-8H2,1-3H3,(H2,17,19,21). The van der Waals surface area contributed by atoms with Crippen molar-refractivity contribution in [3.63, 3.8) is 0 Å². The second-order valence-electron chi connectivity index (χ2n) is 5.02. The van der Waals surface area contributed by atoms with E-state index in [1.54, 1.807) is 24.2 Å². The molecule has 0 aliphatic carbocycles. The number of carbonyl (C=O) groups is 1. The first kappa shape index (κ1) is 15.9. The summed E-state index contributed by atoms with van der Waals surface area (Å²) in [6.07, 6.45) is 4.18. The van der Waals surface area contributed by atoms with E-state index >= 15 is 0 Å². The molecule has 22 heavy (non-hydrogen) atoms. The third-order valence-electron chi connectivity index (χ3n) is 3.39. The molecule has 0 spiro atoms. The Morgan fingerprint density at radius 3 is 2.91 bits per heavy atom. The maximum atomic E-state index is 11.8. The molecule has 0 aliphatic rings. The highest BCUT2D eigenvalue weighted by Crippen LogP contribution is 2.19. The first-order valence-corrected chi connectivity index (χ1v) is 7.33. The molecular formula is C16H22N4O2. The Labute approximate surface area is 130 Å². The van der Waals surface area contributed by atoms with Gasteiger partial charge in [-0.05, 0) is 37.5 Å². The van der Waals surface area contributed by atoms with Gasteiger partial charge in [0.1, 0.15) is 5.75 Å². The average molecular weight is 302 g/mol. The fourth-order valence-electron chi connectivity index (χ4n) is 2.12. The van der Waals surface area contributed by atoms with Crippen LogP contribution in [0, 0.1) is 6.92 Å². The summed E-state index contributed by atoms with van der Waals surface area (Å²) in [7, 11) is 1.66. The predicted molar refractivity (Wildman–Crippen MR) is 86.4 cm³/mol. The molecule has 2 aromatic rings. The number of hydrogen-bond donors (Lipinski definition) is 2. The van der Waals surface area contributed by atoms with Crippen LogP contribution < -0.4 is 15.4 Å². The number of ether oxygens (including phenoxy) is 1. The van der Waals surface area contributed by atoms with Crippen molar-refractivity contribution in [3.8, 4) is 5.75 Å². The zero-order chi connectivity index (χ0) is 15.9. The van der Waals surface area contributed by atoms with Crippen molar-refractivity contribution in [3.05, 3.63) is 41.7 Å². The number of nitrogens with zero attached hydrogens (tertiary/aromatic N) is 2. The molecule has 1 aromatic heterocycles. The van der Waals surface area contributed by atoms with Crippen LogP contribution in [0.2, 0.25) is 0 Å². The Morgan fingerprint density at radius 2 is 2.23 bits per heavy atom. The van der Waals surface area contributed by atoms with E-state index in [9.17, 15) is 4.79 Å². The Balaban J connectivity index is 1.79. The number of aromatic nitrogens is 2. The molecule has 6 heteroatoms. The summed E-state index contributed by atoms with van der Waals surface area (Å²) in [5.74, 6) is 0.869. The van der Waals surface area contributed by atoms with Crippen LogP contribution in [0.4, 0.5) is 10.5 Å². The van der Waals surface area contributed by atoms with E-state index in [0.717, 1.165) is 29.8 Å². The molecule has 2 N–H and O–H groups in total. The minimum absolute atomic E-state index is 0.227. The molecule has 0 radical (unpaired) electrons. The van der Waals surface area contributed by atoms with Crippen LogP contribution in [0.15, 0.2) is 30.6 Å². The van der Waals surface area contributed by atoms with E-state index in [0.29, 0.717) is 12.2 Å². The van der Waals surface area contributed by atoms with E-state index in [-0.39, 0.29) is 6.03 Å². The number of amides is 2. The quantitative estimate of drug-likeness (QED) is 0.862. The number of aryl methyl sites for hydroxylation is 2. The van der Waals surface area contributed by atoms with Gasteiger partial charge in [0.15, 0.2) is 0 Å². The van der Waals surface area contributed by atoms with Crippen LogP contribution in [0.3, 0.4) is 0 Å². The highest BCUT2D eigenvalue weighted by atomic mass is 16.5. The summed E-state index contributed by atoms with van der Waals surface area (Å²) in [5.41, 5.74) is 2.92. The SMILES string of the molecule is CCn1cc(NC(=O)NCCc2ccc(C)c(OC)c2)cn1. The van der Waals surface area contributed by atoms with Crippen LogP contribution in [0.25, 0.3) is 0 Å². The number of hydrogen-bond acceptors (Lipinski definition) is 3. The second-order valence-corrected chi connectivity index (χ2v) is 5.02. The number of carbonyl (C=O) groups excluding carboxylic acids is 1. The smallest absolute Gasteiger partial charge is 0.319 e. The van der Waals surface area contributed by atoms with Gasteiger partial charge in [-0.15, -0.1) is 0 Å². The van der Waals surface area contributed by atoms with Crippen LogP contribution in [-0.2, 0) is 13.0 Å². The number of anilines is 1. The molecule has 0 atom stereocenters. The van der Waals surface area contributed by atoms with E-state index in [1.165, 1.54) is 0 Å². The van der Waals surface area contributed by atoms with Crippen molar-refractivity contribution >= 4 is 11.7 Å². The van der Waals surface area contributed by atoms with Gasteiger partial charge in [-0.25, -0.2) is 4.79 Å². The average Bonchev–Trinajstić information content (AvgIpc) is 2.96. The lowest BCUT2D eigenvalue weighted by Gasteiger charge is -2.09. The molecule has 0 saturated heterocycles. The normalized spacial score (nSPS) is 10.3. The van der Waals surface area contributed by atoms with Crippen LogP contribution >= 0.6 is 0 Å². The Hall–Kier alpha value is -2.50. The number of nitrogens with one attached hydrogen (secondary N) is 2. The number of benzene rings is 1. The van der Waals surface area contributed by atoms with Crippen molar-refractivity contribution in [1.29, 1.82) is 0 Å². The summed E-state index contributed by atoms with van der Waals surface area (Å²) in [5, 5.41) is 9.69. The van der Waals surface area contributed by atoms with E-state index in [2.05, 4.69) is 15.7 Å². The monoisotopic (exact) mass is 302 g/mol. The lowest BCUT2D eigenvalue weighted by molar-refractivity contribution is 0.252. The first-order valence-electron chi connectivity index (χ1n) is 7.33. The van der Waals surface area contributed by atoms with Crippen molar-refractivity contribution in [2.75, 3.05) is 19.0 Å². The summed E-state index contributed by atoms with van der Waals surface area (Å²) in [4.78, 5) is 11.8. The van der Waals surface area contributed by atoms with E-state index in [4.69, 9.17) is 4.74 Å². The molecular weight excluding hydrogens is 280 g/mol. The maximum Gasteiger partial charge on any atom is 0.319 e. The van der Waals surface area contributed by atoms with Gasteiger partial charge in [0.25, 0.3) is 0 Å². The fourth-order valence-corrected chi connectivity index (χ4v) is 2.12. The molecule has 0 saturated carbocycles. The molecule has 0 unspecified atom stereocenters. The van der Waals surface area contributed by atoms with Crippen LogP contribution in [0.1, 0.15) is 18.1 Å². The molecule has 118 valence electrons. The third-order valence-corrected chi connectivity index (χ3v) is 3.39. The number of rotatable bonds is 6. The molecule has 0 aliphatic heterocycles. The van der Waals surface area contributed by atoms with Crippen LogP contribution in [-0.4, -0.2) is 29.5 Å². The zero-order valence-electron chi connectivity index (χ0n) is 13.2. The summed E-state index contributed by atoms with van der Waals surface area (Å²) >= 11 is 0. The third kappa shape index (κ3) is 4.25. The number of methoxy groups -OCH3 is 1. The summed E-state index contributed by atoms with van der Waals surface area (Å²) in [6, 6.07) is 5.84. The highest BCUT2D eigenvalue weighted by Gasteiger charge is 2.04. The predicted octanol–water partition coefficient (Wildman–Crippen LogP) is 2.58. The van der Waals surface area contributed by atoms with Crippen molar-refractivity contribution < 1.29 is 9.53 Å². The molecule has 2 amide bonds.